The molecule has 170 valence electrons. The van der Waals surface area contributed by atoms with Crippen LogP contribution in [0, 0.1) is 0 Å². The first-order valence-corrected chi connectivity index (χ1v) is 11.8. The van der Waals surface area contributed by atoms with Crippen molar-refractivity contribution in [2.45, 2.75) is 31.8 Å². The van der Waals surface area contributed by atoms with Crippen LogP contribution in [0.15, 0.2) is 83.9 Å². The predicted molar refractivity (Wildman–Crippen MR) is 140 cm³/mol. The van der Waals surface area contributed by atoms with E-state index in [0.29, 0.717) is 11.7 Å². The van der Waals surface area contributed by atoms with Crippen molar-refractivity contribution in [1.29, 1.82) is 0 Å². The average molecular weight is 478 g/mol. The second kappa shape index (κ2) is 10.4. The monoisotopic (exact) mass is 477 g/mol. The summed E-state index contributed by atoms with van der Waals surface area (Å²) >= 11 is 12.0. The number of halogens is 1. The number of hydrogen-bond acceptors (Lipinski definition) is 3. The summed E-state index contributed by atoms with van der Waals surface area (Å²) in [6.45, 7) is 3.57. The lowest BCUT2D eigenvalue weighted by atomic mass is 9.90. The van der Waals surface area contributed by atoms with Gasteiger partial charge in [0, 0.05) is 18.0 Å². The molecule has 3 aromatic carbocycles. The summed E-state index contributed by atoms with van der Waals surface area (Å²) in [7, 11) is 1.69. The highest BCUT2D eigenvalue weighted by molar-refractivity contribution is 7.80. The zero-order valence-corrected chi connectivity index (χ0v) is 20.5. The Morgan fingerprint density at radius 2 is 1.70 bits per heavy atom. The van der Waals surface area contributed by atoms with Crippen molar-refractivity contribution >= 4 is 34.8 Å². The molecule has 1 fully saturated rings. The van der Waals surface area contributed by atoms with Gasteiger partial charge in [0.05, 0.1) is 13.7 Å². The van der Waals surface area contributed by atoms with Crippen molar-refractivity contribution in [3.63, 3.8) is 0 Å². The summed E-state index contributed by atoms with van der Waals surface area (Å²) in [6, 6.07) is 26.5. The minimum absolute atomic E-state index is 0.406. The van der Waals surface area contributed by atoms with E-state index in [0.717, 1.165) is 36.0 Å². The van der Waals surface area contributed by atoms with Gasteiger partial charge in [-0.3, -0.25) is 4.99 Å². The maximum Gasteiger partial charge on any atom is 0.175 e. The molecule has 1 aliphatic rings. The molecule has 0 aromatic heterocycles. The van der Waals surface area contributed by atoms with Crippen LogP contribution in [0.2, 0.25) is 5.02 Å². The van der Waals surface area contributed by atoms with Gasteiger partial charge in [0.25, 0.3) is 0 Å². The van der Waals surface area contributed by atoms with E-state index >= 15 is 0 Å². The van der Waals surface area contributed by atoms with E-state index in [-0.39, 0.29) is 0 Å². The molecule has 0 amide bonds. The van der Waals surface area contributed by atoms with Crippen molar-refractivity contribution in [2.24, 2.45) is 4.99 Å². The number of nitrogens with one attached hydrogen (secondary N) is 1. The predicted octanol–water partition coefficient (Wildman–Crippen LogP) is 5.68. The third-order valence-corrected chi connectivity index (χ3v) is 6.59. The van der Waals surface area contributed by atoms with Crippen LogP contribution in [-0.2, 0) is 19.4 Å². The second-order valence-electron chi connectivity index (χ2n) is 8.41. The molecule has 0 radical (unpaired) electrons. The lowest BCUT2D eigenvalue weighted by molar-refractivity contribution is 0.287. The third-order valence-electron chi connectivity index (χ3n) is 6.03. The summed E-state index contributed by atoms with van der Waals surface area (Å²) in [5.41, 5.74) is 3.11. The van der Waals surface area contributed by atoms with Crippen LogP contribution in [0.4, 0.5) is 0 Å². The first-order chi connectivity index (χ1) is 16.0. The normalized spacial score (nSPS) is 19.1. The van der Waals surface area contributed by atoms with Gasteiger partial charge >= 0.3 is 0 Å². The molecule has 1 atom stereocenters. The minimum Gasteiger partial charge on any atom is -0.497 e. The molecule has 4 rings (SSSR count). The molecule has 1 heterocycles. The van der Waals surface area contributed by atoms with Crippen LogP contribution in [0.3, 0.4) is 0 Å². The fourth-order valence-corrected chi connectivity index (χ4v) is 4.86. The Hall–Kier alpha value is -2.89. The lowest BCUT2D eigenvalue weighted by Gasteiger charge is -2.35. The fraction of sp³-hybridized carbons (Fsp3) is 0.259. The van der Waals surface area contributed by atoms with E-state index in [1.165, 1.54) is 16.7 Å². The van der Waals surface area contributed by atoms with Gasteiger partial charge in [0.15, 0.2) is 5.11 Å². The minimum atomic E-state index is -0.406. The van der Waals surface area contributed by atoms with E-state index in [1.54, 1.807) is 7.11 Å². The van der Waals surface area contributed by atoms with Crippen molar-refractivity contribution < 1.29 is 4.74 Å². The number of amidine groups is 1. The molecule has 0 spiro atoms. The molecule has 1 N–H and O–H groups in total. The van der Waals surface area contributed by atoms with Crippen molar-refractivity contribution in [3.05, 3.63) is 101 Å². The summed E-state index contributed by atoms with van der Waals surface area (Å²) in [5.74, 6) is 1.74. The summed E-state index contributed by atoms with van der Waals surface area (Å²) in [6.07, 6.45) is 1.59. The van der Waals surface area contributed by atoms with E-state index in [1.807, 2.05) is 48.5 Å². The van der Waals surface area contributed by atoms with Gasteiger partial charge in [-0.1, -0.05) is 66.2 Å². The van der Waals surface area contributed by atoms with Crippen LogP contribution >= 0.6 is 23.8 Å². The Kier molecular flexibility index (Phi) is 7.31. The first kappa shape index (κ1) is 23.3. The molecule has 1 aliphatic heterocycles. The second-order valence-corrected chi connectivity index (χ2v) is 9.24. The van der Waals surface area contributed by atoms with E-state index < -0.39 is 5.54 Å². The molecule has 0 saturated carbocycles. The van der Waals surface area contributed by atoms with Crippen molar-refractivity contribution in [1.82, 2.24) is 10.2 Å². The number of rotatable bonds is 8. The topological polar surface area (TPSA) is 36.9 Å². The lowest BCUT2D eigenvalue weighted by Crippen LogP contribution is -2.49. The smallest absolute Gasteiger partial charge is 0.175 e. The summed E-state index contributed by atoms with van der Waals surface area (Å²) < 4.78 is 5.45. The van der Waals surface area contributed by atoms with Gasteiger partial charge < -0.3 is 15.0 Å². The van der Waals surface area contributed by atoms with Gasteiger partial charge in [-0.25, -0.2) is 0 Å². The summed E-state index contributed by atoms with van der Waals surface area (Å²) in [4.78, 5) is 7.24. The van der Waals surface area contributed by atoms with Crippen LogP contribution in [0.1, 0.15) is 23.6 Å². The van der Waals surface area contributed by atoms with E-state index in [2.05, 4.69) is 47.5 Å². The molecule has 6 heteroatoms. The Morgan fingerprint density at radius 3 is 2.45 bits per heavy atom. The van der Waals surface area contributed by atoms with Gasteiger partial charge in [-0.15, -0.1) is 0 Å². The van der Waals surface area contributed by atoms with Crippen LogP contribution in [0.25, 0.3) is 0 Å². The van der Waals surface area contributed by atoms with E-state index in [9.17, 15) is 0 Å². The Balaban J connectivity index is 1.63. The maximum absolute atomic E-state index is 6.20. The molecular weight excluding hydrogens is 450 g/mol. The molecular formula is C27H28ClN3OS. The molecule has 33 heavy (non-hydrogen) atoms. The molecule has 1 unspecified atom stereocenters. The number of nitrogens with zero attached hydrogens (tertiary/aromatic N) is 2. The zero-order valence-electron chi connectivity index (χ0n) is 18.9. The highest BCUT2D eigenvalue weighted by atomic mass is 35.5. The highest BCUT2D eigenvalue weighted by Crippen LogP contribution is 2.29. The van der Waals surface area contributed by atoms with Crippen molar-refractivity contribution in [2.75, 3.05) is 13.7 Å². The van der Waals surface area contributed by atoms with Crippen LogP contribution in [-0.4, -0.2) is 35.0 Å². The van der Waals surface area contributed by atoms with Crippen LogP contribution in [0.5, 0.6) is 5.75 Å². The number of aliphatic imine (C=N–C) groups is 1. The number of benzene rings is 3. The standard InChI is InChI=1S/C27H28ClN3OS/c1-27(18-22-11-7-13-24(17-22)32-2)25(29-19-21-8-4-3-5-9-21)30-26(33)31(27)15-14-20-10-6-12-23(28)16-20/h3-13,16-17H,14-15,18-19H2,1-2H3,(H,29,30,33). The number of ether oxygens (including phenoxy) is 1. The van der Waals surface area contributed by atoms with E-state index in [4.69, 9.17) is 33.5 Å². The van der Waals surface area contributed by atoms with Gasteiger partial charge in [0.2, 0.25) is 0 Å². The molecule has 0 aliphatic carbocycles. The van der Waals surface area contributed by atoms with Crippen LogP contribution < -0.4 is 10.1 Å². The SMILES string of the molecule is COc1cccc(CC2(C)C(=NCc3ccccc3)NC(=S)N2CCc2cccc(Cl)c2)c1. The quantitative estimate of drug-likeness (QED) is 0.423. The number of methoxy groups -OCH3 is 1. The van der Waals surface area contributed by atoms with Gasteiger partial charge in [0.1, 0.15) is 17.1 Å². The number of thiocarbonyl (C=S) groups is 1. The maximum atomic E-state index is 6.20. The highest BCUT2D eigenvalue weighted by Gasteiger charge is 2.45. The first-order valence-electron chi connectivity index (χ1n) is 11.0. The molecule has 4 nitrogen and oxygen atoms in total. The molecule has 3 aromatic rings. The average Bonchev–Trinajstić information content (AvgIpc) is 3.05. The van der Waals surface area contributed by atoms with Crippen molar-refractivity contribution in [3.8, 4) is 5.75 Å². The van der Waals surface area contributed by atoms with Gasteiger partial charge in [-0.05, 0) is 66.5 Å². The fourth-order valence-electron chi connectivity index (χ4n) is 4.26. The third kappa shape index (κ3) is 5.55. The molecule has 1 saturated heterocycles. The summed E-state index contributed by atoms with van der Waals surface area (Å²) in [5, 5.41) is 4.86. The zero-order chi connectivity index (χ0) is 23.3. The Bertz CT molecular complexity index is 1150. The van der Waals surface area contributed by atoms with Gasteiger partial charge in [-0.2, -0.15) is 0 Å². The Labute approximate surface area is 206 Å². The molecule has 0 bridgehead atoms. The number of hydrogen-bond donors (Lipinski definition) is 1. The Morgan fingerprint density at radius 1 is 0.970 bits per heavy atom. The largest absolute Gasteiger partial charge is 0.497 e.